The maximum atomic E-state index is 13.2. The first-order chi connectivity index (χ1) is 13.4. The highest BCUT2D eigenvalue weighted by Gasteiger charge is 2.32. The Hall–Kier alpha value is -2.48. The number of hydrogen-bond donors (Lipinski definition) is 2. The van der Waals surface area contributed by atoms with Gasteiger partial charge in [0.25, 0.3) is 5.91 Å². The van der Waals surface area contributed by atoms with Crippen LogP contribution in [-0.2, 0) is 14.4 Å². The minimum atomic E-state index is -0.383. The van der Waals surface area contributed by atoms with E-state index in [1.807, 2.05) is 4.90 Å². The van der Waals surface area contributed by atoms with Gasteiger partial charge in [-0.05, 0) is 31.0 Å². The van der Waals surface area contributed by atoms with Gasteiger partial charge >= 0.3 is 0 Å². The summed E-state index contributed by atoms with van der Waals surface area (Å²) in [7, 11) is 0. The lowest BCUT2D eigenvalue weighted by atomic mass is 9.95. The number of likely N-dealkylation sites (tertiary alicyclic amines) is 1. The number of nitrogens with zero attached hydrogens (tertiary/aromatic N) is 2. The third-order valence-corrected chi connectivity index (χ3v) is 5.59. The molecule has 2 heterocycles. The van der Waals surface area contributed by atoms with E-state index in [9.17, 15) is 18.8 Å². The highest BCUT2D eigenvalue weighted by atomic mass is 19.1. The van der Waals surface area contributed by atoms with Crippen molar-refractivity contribution in [1.29, 1.82) is 0 Å². The molecule has 3 rings (SSSR count). The van der Waals surface area contributed by atoms with Gasteiger partial charge in [-0.25, -0.2) is 4.39 Å². The number of halogens is 1. The molecule has 0 atom stereocenters. The van der Waals surface area contributed by atoms with Crippen LogP contribution in [0.4, 0.5) is 10.1 Å². The second-order valence-corrected chi connectivity index (χ2v) is 7.59. The molecule has 0 unspecified atom stereocenters. The fraction of sp³-hybridized carbons (Fsp3) is 0.550. The molecule has 0 spiro atoms. The number of rotatable bonds is 4. The summed E-state index contributed by atoms with van der Waals surface area (Å²) >= 11 is 0. The van der Waals surface area contributed by atoms with Gasteiger partial charge in [-0.15, -0.1) is 0 Å². The summed E-state index contributed by atoms with van der Waals surface area (Å²) in [5, 5.41) is 2.72. The Morgan fingerprint density at radius 2 is 1.79 bits per heavy atom. The molecule has 28 heavy (non-hydrogen) atoms. The predicted molar refractivity (Wildman–Crippen MR) is 102 cm³/mol. The van der Waals surface area contributed by atoms with E-state index >= 15 is 0 Å². The number of carbonyl (C=O) groups is 3. The quantitative estimate of drug-likeness (QED) is 0.744. The van der Waals surface area contributed by atoms with Gasteiger partial charge in [-0.3, -0.25) is 14.4 Å². The average molecular weight is 391 g/mol. The Morgan fingerprint density at radius 1 is 1.11 bits per heavy atom. The topological polar surface area (TPSA) is 74.2 Å². The van der Waals surface area contributed by atoms with E-state index in [-0.39, 0.29) is 29.5 Å². The lowest BCUT2D eigenvalue weighted by molar-refractivity contribution is -0.895. The van der Waals surface area contributed by atoms with Crippen molar-refractivity contribution in [2.75, 3.05) is 51.1 Å². The van der Waals surface area contributed by atoms with Gasteiger partial charge in [-0.2, -0.15) is 0 Å². The molecule has 0 aliphatic carbocycles. The largest absolute Gasteiger partial charge is 0.343 e. The monoisotopic (exact) mass is 391 g/mol. The molecule has 8 heteroatoms. The fourth-order valence-electron chi connectivity index (χ4n) is 3.92. The zero-order valence-electron chi connectivity index (χ0n) is 16.2. The Labute approximate surface area is 164 Å². The number of nitrogens with one attached hydrogen (secondary N) is 2. The molecule has 2 aliphatic rings. The van der Waals surface area contributed by atoms with Gasteiger partial charge < -0.3 is 20.0 Å². The molecule has 2 saturated heterocycles. The van der Waals surface area contributed by atoms with Crippen LogP contribution in [0.15, 0.2) is 24.3 Å². The fourth-order valence-corrected chi connectivity index (χ4v) is 3.92. The number of amides is 3. The van der Waals surface area contributed by atoms with Crippen LogP contribution in [0.1, 0.15) is 19.8 Å². The van der Waals surface area contributed by atoms with Crippen LogP contribution >= 0.6 is 0 Å². The van der Waals surface area contributed by atoms with E-state index in [1.54, 1.807) is 24.0 Å². The van der Waals surface area contributed by atoms with Crippen molar-refractivity contribution in [2.45, 2.75) is 19.8 Å². The molecule has 1 aromatic carbocycles. The van der Waals surface area contributed by atoms with E-state index in [0.29, 0.717) is 51.5 Å². The Kier molecular flexibility index (Phi) is 6.61. The van der Waals surface area contributed by atoms with Crippen molar-refractivity contribution in [3.63, 3.8) is 0 Å². The van der Waals surface area contributed by atoms with E-state index in [4.69, 9.17) is 0 Å². The van der Waals surface area contributed by atoms with Crippen LogP contribution in [0.3, 0.4) is 0 Å². The third kappa shape index (κ3) is 5.28. The molecule has 0 bridgehead atoms. The average Bonchev–Trinajstić information content (AvgIpc) is 2.68. The summed E-state index contributed by atoms with van der Waals surface area (Å²) in [6, 6.07) is 5.84. The first-order valence-electron chi connectivity index (χ1n) is 9.85. The third-order valence-electron chi connectivity index (χ3n) is 5.59. The van der Waals surface area contributed by atoms with Crippen LogP contribution in [0.5, 0.6) is 0 Å². The highest BCUT2D eigenvalue weighted by molar-refractivity contribution is 5.91. The predicted octanol–water partition coefficient (Wildman–Crippen LogP) is -0.250. The van der Waals surface area contributed by atoms with Crippen LogP contribution in [0.25, 0.3) is 0 Å². The summed E-state index contributed by atoms with van der Waals surface area (Å²) in [5.41, 5.74) is 0.454. The summed E-state index contributed by atoms with van der Waals surface area (Å²) in [4.78, 5) is 41.1. The molecule has 0 radical (unpaired) electrons. The van der Waals surface area contributed by atoms with E-state index < -0.39 is 0 Å². The number of quaternary nitrogens is 1. The number of piperazine rings is 1. The first-order valence-corrected chi connectivity index (χ1v) is 9.85. The first kappa shape index (κ1) is 20.3. The maximum absolute atomic E-state index is 13.2. The molecular formula is C20H28FN4O3+. The smallest absolute Gasteiger partial charge is 0.279 e. The molecule has 1 aromatic rings. The second-order valence-electron chi connectivity index (χ2n) is 7.59. The molecule has 152 valence electrons. The maximum Gasteiger partial charge on any atom is 0.279 e. The number of piperidine rings is 1. The Balaban J connectivity index is 1.41. The standard InChI is InChI=1S/C20H27FN4O3/c1-15(26)24-7-5-16(6-8-24)20(28)25-11-9-23(10-12-25)14-19(27)22-18-4-2-3-17(21)13-18/h2-4,13,16H,5-12,14H2,1H3,(H,22,27)/p+1. The second kappa shape index (κ2) is 9.14. The van der Waals surface area contributed by atoms with Crippen molar-refractivity contribution in [3.05, 3.63) is 30.1 Å². The molecular weight excluding hydrogens is 363 g/mol. The van der Waals surface area contributed by atoms with Crippen molar-refractivity contribution < 1.29 is 23.7 Å². The molecule has 2 N–H and O–H groups in total. The van der Waals surface area contributed by atoms with Gasteiger partial charge in [0.1, 0.15) is 5.82 Å². The summed E-state index contributed by atoms with van der Waals surface area (Å²) in [6.45, 7) is 5.87. The normalized spacial score (nSPS) is 18.8. The van der Waals surface area contributed by atoms with E-state index in [2.05, 4.69) is 5.32 Å². The lowest BCUT2D eigenvalue weighted by Gasteiger charge is -2.36. The molecule has 0 aromatic heterocycles. The van der Waals surface area contributed by atoms with E-state index in [0.717, 1.165) is 17.7 Å². The minimum absolute atomic E-state index is 0.00609. The number of benzene rings is 1. The highest BCUT2D eigenvalue weighted by Crippen LogP contribution is 2.19. The van der Waals surface area contributed by atoms with E-state index in [1.165, 1.54) is 12.1 Å². The molecule has 7 nitrogen and oxygen atoms in total. The van der Waals surface area contributed by atoms with Crippen molar-refractivity contribution in [2.24, 2.45) is 5.92 Å². The van der Waals surface area contributed by atoms with Gasteiger partial charge in [0.15, 0.2) is 6.54 Å². The molecule has 2 aliphatic heterocycles. The van der Waals surface area contributed by atoms with Crippen LogP contribution < -0.4 is 10.2 Å². The van der Waals surface area contributed by atoms with Gasteiger partial charge in [0, 0.05) is 31.6 Å². The summed E-state index contributed by atoms with van der Waals surface area (Å²) < 4.78 is 13.2. The summed E-state index contributed by atoms with van der Waals surface area (Å²) in [6.07, 6.45) is 1.45. The number of anilines is 1. The molecule has 2 fully saturated rings. The minimum Gasteiger partial charge on any atom is -0.343 e. The zero-order valence-corrected chi connectivity index (χ0v) is 16.2. The lowest BCUT2D eigenvalue weighted by Crippen LogP contribution is -3.15. The van der Waals surface area contributed by atoms with Gasteiger partial charge in [-0.1, -0.05) is 6.07 Å². The SMILES string of the molecule is CC(=O)N1CCC(C(=O)N2CC[NH+](CC(=O)Nc3cccc(F)c3)CC2)CC1. The Bertz CT molecular complexity index is 726. The van der Waals surface area contributed by atoms with Gasteiger partial charge in [0.2, 0.25) is 11.8 Å². The van der Waals surface area contributed by atoms with Gasteiger partial charge in [0.05, 0.1) is 26.2 Å². The summed E-state index contributed by atoms with van der Waals surface area (Å²) in [5.74, 6) is -0.303. The van der Waals surface area contributed by atoms with Crippen LogP contribution in [0.2, 0.25) is 0 Å². The molecule has 3 amide bonds. The van der Waals surface area contributed by atoms with Crippen molar-refractivity contribution >= 4 is 23.4 Å². The van der Waals surface area contributed by atoms with Crippen LogP contribution in [-0.4, -0.2) is 73.3 Å². The zero-order chi connectivity index (χ0) is 20.1. The number of hydrogen-bond acceptors (Lipinski definition) is 3. The van der Waals surface area contributed by atoms with Crippen LogP contribution in [0, 0.1) is 11.7 Å². The Morgan fingerprint density at radius 3 is 2.39 bits per heavy atom. The van der Waals surface area contributed by atoms with Crippen molar-refractivity contribution in [1.82, 2.24) is 9.80 Å². The number of carbonyl (C=O) groups excluding carboxylic acids is 3. The van der Waals surface area contributed by atoms with Crippen molar-refractivity contribution in [3.8, 4) is 0 Å². The molecule has 0 saturated carbocycles.